The number of rotatable bonds is 8. The number of carbonyl (C=O) groups excluding carboxylic acids is 1. The van der Waals surface area contributed by atoms with Crippen LogP contribution in [0.3, 0.4) is 0 Å². The van der Waals surface area contributed by atoms with Crippen molar-refractivity contribution in [2.45, 2.75) is 25.1 Å². The number of methoxy groups -OCH3 is 1. The third-order valence-electron chi connectivity index (χ3n) is 2.59. The molecule has 5 heteroatoms. The van der Waals surface area contributed by atoms with E-state index in [1.54, 1.807) is 25.8 Å². The zero-order valence-corrected chi connectivity index (χ0v) is 12.2. The van der Waals surface area contributed by atoms with Crippen LogP contribution in [0.15, 0.2) is 24.3 Å². The summed E-state index contributed by atoms with van der Waals surface area (Å²) in [4.78, 5) is 11.3. The number of benzene rings is 1. The highest BCUT2D eigenvalue weighted by atomic mass is 32.2. The van der Waals surface area contributed by atoms with Crippen molar-refractivity contribution in [3.63, 3.8) is 0 Å². The minimum absolute atomic E-state index is 0.312. The van der Waals surface area contributed by atoms with Gasteiger partial charge in [0, 0.05) is 5.75 Å². The number of thioether (sulfide) groups is 1. The molecule has 1 rings (SSSR count). The molecule has 0 heterocycles. The first kappa shape index (κ1) is 15.9. The predicted octanol–water partition coefficient (Wildman–Crippen LogP) is 2.21. The fourth-order valence-corrected chi connectivity index (χ4v) is 2.48. The van der Waals surface area contributed by atoms with Gasteiger partial charge in [0.2, 0.25) is 0 Å². The van der Waals surface area contributed by atoms with Crippen molar-refractivity contribution in [3.05, 3.63) is 29.8 Å². The maximum absolute atomic E-state index is 11.3. The van der Waals surface area contributed by atoms with Gasteiger partial charge in [-0.1, -0.05) is 12.1 Å². The van der Waals surface area contributed by atoms with Crippen molar-refractivity contribution in [3.8, 4) is 5.75 Å². The first-order valence-corrected chi connectivity index (χ1v) is 7.45. The second-order valence-electron chi connectivity index (χ2n) is 4.05. The van der Waals surface area contributed by atoms with Crippen molar-refractivity contribution >= 4 is 17.7 Å². The molecule has 0 aliphatic carbocycles. The Morgan fingerprint density at radius 1 is 1.37 bits per heavy atom. The Hall–Kier alpha value is -1.20. The summed E-state index contributed by atoms with van der Waals surface area (Å²) in [5.74, 6) is 2.29. The van der Waals surface area contributed by atoms with E-state index in [-0.39, 0.29) is 5.97 Å². The molecule has 19 heavy (non-hydrogen) atoms. The van der Waals surface area contributed by atoms with Crippen LogP contribution >= 0.6 is 11.8 Å². The molecule has 0 saturated heterocycles. The SMILES string of the molecule is CCOC(=O)C(N)CCSCc1ccc(OC)cc1. The molecule has 0 aromatic heterocycles. The molecule has 1 atom stereocenters. The van der Waals surface area contributed by atoms with Crippen LogP contribution < -0.4 is 10.5 Å². The van der Waals surface area contributed by atoms with Crippen LogP contribution in [0.25, 0.3) is 0 Å². The molecule has 106 valence electrons. The van der Waals surface area contributed by atoms with Crippen LogP contribution in [0.4, 0.5) is 0 Å². The minimum atomic E-state index is -0.511. The van der Waals surface area contributed by atoms with Gasteiger partial charge in [-0.3, -0.25) is 4.79 Å². The lowest BCUT2D eigenvalue weighted by atomic mass is 10.2. The average molecular weight is 283 g/mol. The Morgan fingerprint density at radius 3 is 2.63 bits per heavy atom. The lowest BCUT2D eigenvalue weighted by molar-refractivity contribution is -0.144. The summed E-state index contributed by atoms with van der Waals surface area (Å²) in [7, 11) is 1.65. The Kier molecular flexibility index (Phi) is 7.36. The van der Waals surface area contributed by atoms with Crippen molar-refractivity contribution in [1.82, 2.24) is 0 Å². The van der Waals surface area contributed by atoms with Gasteiger partial charge in [-0.15, -0.1) is 0 Å². The molecule has 1 aromatic carbocycles. The third-order valence-corrected chi connectivity index (χ3v) is 3.65. The van der Waals surface area contributed by atoms with Crippen LogP contribution in [-0.4, -0.2) is 31.5 Å². The van der Waals surface area contributed by atoms with Gasteiger partial charge in [0.25, 0.3) is 0 Å². The monoisotopic (exact) mass is 283 g/mol. The van der Waals surface area contributed by atoms with E-state index >= 15 is 0 Å². The predicted molar refractivity (Wildman–Crippen MR) is 78.4 cm³/mol. The van der Waals surface area contributed by atoms with Crippen LogP contribution in [0, 0.1) is 0 Å². The quantitative estimate of drug-likeness (QED) is 0.585. The number of hydrogen-bond acceptors (Lipinski definition) is 5. The number of nitrogens with two attached hydrogens (primary N) is 1. The summed E-state index contributed by atoms with van der Waals surface area (Å²) in [6.45, 7) is 2.16. The molecule has 1 aromatic rings. The van der Waals surface area contributed by atoms with Gasteiger partial charge >= 0.3 is 5.97 Å². The zero-order valence-electron chi connectivity index (χ0n) is 11.4. The van der Waals surface area contributed by atoms with Crippen LogP contribution in [0.1, 0.15) is 18.9 Å². The lowest BCUT2D eigenvalue weighted by Crippen LogP contribution is -2.32. The molecule has 2 N–H and O–H groups in total. The van der Waals surface area contributed by atoms with Crippen molar-refractivity contribution in [2.24, 2.45) is 5.73 Å². The van der Waals surface area contributed by atoms with Crippen LogP contribution in [0.2, 0.25) is 0 Å². The van der Waals surface area contributed by atoms with Gasteiger partial charge in [-0.05, 0) is 36.8 Å². The van der Waals surface area contributed by atoms with Crippen LogP contribution in [-0.2, 0) is 15.3 Å². The first-order valence-electron chi connectivity index (χ1n) is 6.30. The molecule has 1 unspecified atom stereocenters. The second kappa shape index (κ2) is 8.82. The van der Waals surface area contributed by atoms with E-state index in [2.05, 4.69) is 0 Å². The van der Waals surface area contributed by atoms with E-state index in [1.807, 2.05) is 24.3 Å². The van der Waals surface area contributed by atoms with Crippen molar-refractivity contribution < 1.29 is 14.3 Å². The molecular weight excluding hydrogens is 262 g/mol. The van der Waals surface area contributed by atoms with E-state index in [1.165, 1.54) is 5.56 Å². The molecule has 0 aliphatic heterocycles. The van der Waals surface area contributed by atoms with Gasteiger partial charge in [0.1, 0.15) is 11.8 Å². The summed E-state index contributed by atoms with van der Waals surface area (Å²) in [5.41, 5.74) is 6.95. The summed E-state index contributed by atoms with van der Waals surface area (Å²) >= 11 is 1.76. The summed E-state index contributed by atoms with van der Waals surface area (Å²) < 4.78 is 9.96. The van der Waals surface area contributed by atoms with Gasteiger partial charge in [0.05, 0.1) is 13.7 Å². The first-order chi connectivity index (χ1) is 9.17. The largest absolute Gasteiger partial charge is 0.497 e. The van der Waals surface area contributed by atoms with E-state index in [0.717, 1.165) is 17.3 Å². The summed E-state index contributed by atoms with van der Waals surface area (Å²) in [5, 5.41) is 0. The van der Waals surface area contributed by atoms with E-state index < -0.39 is 6.04 Å². The van der Waals surface area contributed by atoms with E-state index in [0.29, 0.717) is 13.0 Å². The maximum Gasteiger partial charge on any atom is 0.322 e. The summed E-state index contributed by atoms with van der Waals surface area (Å²) in [6, 6.07) is 7.46. The fraction of sp³-hybridized carbons (Fsp3) is 0.500. The topological polar surface area (TPSA) is 61.5 Å². The van der Waals surface area contributed by atoms with Gasteiger partial charge in [0.15, 0.2) is 0 Å². The molecule has 0 amide bonds. The summed E-state index contributed by atoms with van der Waals surface area (Å²) in [6.07, 6.45) is 0.639. The molecule has 0 aliphatic rings. The zero-order chi connectivity index (χ0) is 14.1. The molecule has 0 radical (unpaired) electrons. The standard InChI is InChI=1S/C14H21NO3S/c1-3-18-14(16)13(15)8-9-19-10-11-4-6-12(17-2)7-5-11/h4-7,13H,3,8-10,15H2,1-2H3. The van der Waals surface area contributed by atoms with Gasteiger partial charge in [-0.25, -0.2) is 0 Å². The number of esters is 1. The van der Waals surface area contributed by atoms with E-state index in [4.69, 9.17) is 15.2 Å². The Balaban J connectivity index is 2.21. The molecule has 0 bridgehead atoms. The van der Waals surface area contributed by atoms with Crippen molar-refractivity contribution in [2.75, 3.05) is 19.5 Å². The minimum Gasteiger partial charge on any atom is -0.497 e. The maximum atomic E-state index is 11.3. The highest BCUT2D eigenvalue weighted by Gasteiger charge is 2.13. The molecular formula is C14H21NO3S. The molecule has 4 nitrogen and oxygen atoms in total. The molecule has 0 fully saturated rings. The normalized spacial score (nSPS) is 11.9. The van der Waals surface area contributed by atoms with Gasteiger partial charge in [-0.2, -0.15) is 11.8 Å². The van der Waals surface area contributed by atoms with E-state index in [9.17, 15) is 4.79 Å². The average Bonchev–Trinajstić information content (AvgIpc) is 2.44. The number of carbonyl (C=O) groups is 1. The third kappa shape index (κ3) is 5.98. The van der Waals surface area contributed by atoms with Gasteiger partial charge < -0.3 is 15.2 Å². The Labute approximate surface area is 118 Å². The lowest BCUT2D eigenvalue weighted by Gasteiger charge is -2.10. The highest BCUT2D eigenvalue weighted by Crippen LogP contribution is 2.17. The second-order valence-corrected chi connectivity index (χ2v) is 5.15. The highest BCUT2D eigenvalue weighted by molar-refractivity contribution is 7.98. The fourth-order valence-electron chi connectivity index (χ4n) is 1.49. The molecule has 0 saturated carbocycles. The molecule has 0 spiro atoms. The smallest absolute Gasteiger partial charge is 0.322 e. The van der Waals surface area contributed by atoms with Crippen LogP contribution in [0.5, 0.6) is 5.75 Å². The Bertz CT molecular complexity index is 381. The Morgan fingerprint density at radius 2 is 2.05 bits per heavy atom. The number of ether oxygens (including phenoxy) is 2. The number of hydrogen-bond donors (Lipinski definition) is 1. The van der Waals surface area contributed by atoms with Crippen molar-refractivity contribution in [1.29, 1.82) is 0 Å².